The van der Waals surface area contributed by atoms with Crippen molar-refractivity contribution in [1.82, 2.24) is 24.6 Å². The molecule has 0 bridgehead atoms. The SMILES string of the molecule is COc1n[nH]c2ncc(N3CC[C@H](N(C)C(=O)Nc4cc(C(F)(F)F)cn(C)c4=O)[C@@H](F)C3)cc12. The molecular formula is C21H23F4N7O3. The summed E-state index contributed by atoms with van der Waals surface area (Å²) in [6.07, 6.45) is -3.71. The number of aromatic amines is 1. The van der Waals surface area contributed by atoms with Gasteiger partial charge in [-0.3, -0.25) is 9.89 Å². The lowest BCUT2D eigenvalue weighted by Gasteiger charge is -2.39. The number of amides is 2. The Labute approximate surface area is 196 Å². The molecule has 0 aliphatic carbocycles. The van der Waals surface area contributed by atoms with Gasteiger partial charge in [-0.25, -0.2) is 14.2 Å². The molecule has 35 heavy (non-hydrogen) atoms. The molecule has 1 aliphatic heterocycles. The number of methoxy groups -OCH3 is 1. The van der Waals surface area contributed by atoms with Crippen molar-refractivity contribution in [2.24, 2.45) is 7.05 Å². The predicted molar refractivity (Wildman–Crippen MR) is 119 cm³/mol. The molecule has 0 saturated carbocycles. The molecule has 0 unspecified atom stereocenters. The Morgan fingerprint density at radius 2 is 2.09 bits per heavy atom. The molecule has 0 spiro atoms. The van der Waals surface area contributed by atoms with Gasteiger partial charge in [0, 0.05) is 26.8 Å². The number of aromatic nitrogens is 4. The van der Waals surface area contributed by atoms with Gasteiger partial charge in [-0.2, -0.15) is 13.2 Å². The number of ether oxygens (including phenoxy) is 1. The second-order valence-electron chi connectivity index (χ2n) is 8.24. The lowest BCUT2D eigenvalue weighted by atomic mass is 10.0. The number of nitrogens with one attached hydrogen (secondary N) is 2. The van der Waals surface area contributed by atoms with E-state index in [1.165, 1.54) is 14.2 Å². The van der Waals surface area contributed by atoms with E-state index in [1.807, 2.05) is 0 Å². The summed E-state index contributed by atoms with van der Waals surface area (Å²) in [7, 11) is 3.96. The maximum atomic E-state index is 15.2. The molecule has 4 heterocycles. The van der Waals surface area contributed by atoms with Gasteiger partial charge in [0.2, 0.25) is 5.88 Å². The number of urea groups is 1. The van der Waals surface area contributed by atoms with E-state index in [1.54, 1.807) is 17.2 Å². The summed E-state index contributed by atoms with van der Waals surface area (Å²) in [6.45, 7) is 0.350. The number of anilines is 2. The zero-order valence-corrected chi connectivity index (χ0v) is 19.1. The minimum absolute atomic E-state index is 0.0407. The van der Waals surface area contributed by atoms with Crippen molar-refractivity contribution < 1.29 is 27.1 Å². The fourth-order valence-corrected chi connectivity index (χ4v) is 4.07. The Morgan fingerprint density at radius 1 is 1.34 bits per heavy atom. The van der Waals surface area contributed by atoms with E-state index >= 15 is 4.39 Å². The molecule has 10 nitrogen and oxygen atoms in total. The summed E-state index contributed by atoms with van der Waals surface area (Å²) >= 11 is 0. The Hall–Kier alpha value is -3.84. The van der Waals surface area contributed by atoms with Gasteiger partial charge >= 0.3 is 12.2 Å². The molecule has 3 aromatic rings. The first-order valence-electron chi connectivity index (χ1n) is 10.6. The van der Waals surface area contributed by atoms with Gasteiger partial charge in [-0.15, -0.1) is 5.10 Å². The molecule has 2 atom stereocenters. The molecule has 1 saturated heterocycles. The summed E-state index contributed by atoms with van der Waals surface area (Å²) in [5.41, 5.74) is -1.27. The maximum Gasteiger partial charge on any atom is 0.417 e. The molecule has 1 fully saturated rings. The van der Waals surface area contributed by atoms with Crippen LogP contribution in [0.4, 0.5) is 33.7 Å². The number of aryl methyl sites for hydroxylation is 1. The van der Waals surface area contributed by atoms with Crippen molar-refractivity contribution >= 4 is 28.4 Å². The summed E-state index contributed by atoms with van der Waals surface area (Å²) in [4.78, 5) is 32.0. The summed E-state index contributed by atoms with van der Waals surface area (Å²) < 4.78 is 60.4. The third-order valence-electron chi connectivity index (χ3n) is 6.00. The van der Waals surface area contributed by atoms with Crippen LogP contribution in [0.2, 0.25) is 0 Å². The zero-order chi connectivity index (χ0) is 25.5. The standard InChI is InChI=1S/C21H23F4N7O3/c1-30-9-11(21(23,24)25)6-15(19(30)33)27-20(34)31(2)16-4-5-32(10-14(16)22)12-7-13-17(26-8-12)28-29-18(13)35-3/h6-9,14,16H,4-5,10H2,1-3H3,(H,27,34)(H,26,28,29)/t14-,16-/m0/s1. The molecule has 188 valence electrons. The molecule has 2 N–H and O–H groups in total. The number of alkyl halides is 4. The number of rotatable bonds is 4. The van der Waals surface area contributed by atoms with E-state index in [2.05, 4.69) is 20.5 Å². The predicted octanol–water partition coefficient (Wildman–Crippen LogP) is 2.76. The largest absolute Gasteiger partial charge is 0.479 e. The van der Waals surface area contributed by atoms with Crippen LogP contribution in [0.1, 0.15) is 12.0 Å². The van der Waals surface area contributed by atoms with Crippen LogP contribution in [0.25, 0.3) is 11.0 Å². The minimum Gasteiger partial charge on any atom is -0.479 e. The summed E-state index contributed by atoms with van der Waals surface area (Å²) in [5.74, 6) is 0.359. The van der Waals surface area contributed by atoms with Gasteiger partial charge < -0.3 is 24.4 Å². The fraction of sp³-hybridized carbons (Fsp3) is 0.429. The number of fused-ring (bicyclic) bond motifs is 1. The number of pyridine rings is 2. The van der Waals surface area contributed by atoms with E-state index in [4.69, 9.17) is 4.74 Å². The number of H-pyrrole nitrogens is 1. The van der Waals surface area contributed by atoms with Crippen LogP contribution in [-0.4, -0.2) is 70.1 Å². The summed E-state index contributed by atoms with van der Waals surface area (Å²) in [5, 5.41) is 9.56. The normalized spacial score (nSPS) is 18.5. The van der Waals surface area contributed by atoms with Crippen molar-refractivity contribution in [1.29, 1.82) is 0 Å². The first-order chi connectivity index (χ1) is 16.5. The lowest BCUT2D eigenvalue weighted by Crippen LogP contribution is -2.54. The zero-order valence-electron chi connectivity index (χ0n) is 19.1. The van der Waals surface area contributed by atoms with Gasteiger partial charge in [0.1, 0.15) is 11.9 Å². The number of carbonyl (C=O) groups excluding carboxylic acids is 1. The highest BCUT2D eigenvalue weighted by molar-refractivity contribution is 5.89. The van der Waals surface area contributed by atoms with Crippen LogP contribution in [0, 0.1) is 0 Å². The number of hydrogen-bond donors (Lipinski definition) is 2. The molecule has 14 heteroatoms. The van der Waals surface area contributed by atoms with Crippen LogP contribution in [-0.2, 0) is 13.2 Å². The van der Waals surface area contributed by atoms with Crippen LogP contribution >= 0.6 is 0 Å². The highest BCUT2D eigenvalue weighted by Gasteiger charge is 2.36. The van der Waals surface area contributed by atoms with E-state index < -0.39 is 41.2 Å². The van der Waals surface area contributed by atoms with Gasteiger partial charge in [0.15, 0.2) is 5.65 Å². The monoisotopic (exact) mass is 497 g/mol. The van der Waals surface area contributed by atoms with E-state index in [0.29, 0.717) is 41.4 Å². The van der Waals surface area contributed by atoms with Gasteiger partial charge in [0.25, 0.3) is 5.56 Å². The Bertz CT molecular complexity index is 1310. The minimum atomic E-state index is -4.70. The fourth-order valence-electron chi connectivity index (χ4n) is 4.07. The molecule has 4 rings (SSSR count). The van der Waals surface area contributed by atoms with Crippen LogP contribution in [0.5, 0.6) is 5.88 Å². The summed E-state index contributed by atoms with van der Waals surface area (Å²) in [6, 6.07) is 0.615. The second-order valence-corrected chi connectivity index (χ2v) is 8.24. The highest BCUT2D eigenvalue weighted by Crippen LogP contribution is 2.31. The first kappa shape index (κ1) is 24.3. The van der Waals surface area contributed by atoms with Crippen LogP contribution < -0.4 is 20.5 Å². The highest BCUT2D eigenvalue weighted by atomic mass is 19.4. The number of carbonyl (C=O) groups is 1. The number of nitrogens with zero attached hydrogens (tertiary/aromatic N) is 5. The topological polar surface area (TPSA) is 108 Å². The van der Waals surface area contributed by atoms with Crippen LogP contribution in [0.15, 0.2) is 29.3 Å². The number of halogens is 4. The molecule has 0 aromatic carbocycles. The Morgan fingerprint density at radius 3 is 2.74 bits per heavy atom. The van der Waals surface area contributed by atoms with E-state index in [-0.39, 0.29) is 13.0 Å². The third kappa shape index (κ3) is 4.72. The van der Waals surface area contributed by atoms with Gasteiger partial charge in [0.05, 0.1) is 42.5 Å². The van der Waals surface area contributed by atoms with Crippen molar-refractivity contribution in [2.75, 3.05) is 37.5 Å². The lowest BCUT2D eigenvalue weighted by molar-refractivity contribution is -0.138. The van der Waals surface area contributed by atoms with E-state index in [0.717, 1.165) is 16.5 Å². The Balaban J connectivity index is 1.46. The third-order valence-corrected chi connectivity index (χ3v) is 6.00. The quantitative estimate of drug-likeness (QED) is 0.537. The second kappa shape index (κ2) is 9.07. The maximum absolute atomic E-state index is 15.2. The molecule has 0 radical (unpaired) electrons. The van der Waals surface area contributed by atoms with Gasteiger partial charge in [-0.1, -0.05) is 0 Å². The van der Waals surface area contributed by atoms with Crippen molar-refractivity contribution in [3.8, 4) is 5.88 Å². The van der Waals surface area contributed by atoms with Crippen molar-refractivity contribution in [3.05, 3.63) is 40.4 Å². The van der Waals surface area contributed by atoms with Crippen molar-refractivity contribution in [2.45, 2.75) is 24.8 Å². The molecular weight excluding hydrogens is 474 g/mol. The average molecular weight is 497 g/mol. The van der Waals surface area contributed by atoms with Gasteiger partial charge in [-0.05, 0) is 18.6 Å². The first-order valence-corrected chi connectivity index (χ1v) is 10.6. The smallest absolute Gasteiger partial charge is 0.417 e. The number of hydrogen-bond acceptors (Lipinski definition) is 6. The number of piperidine rings is 1. The average Bonchev–Trinajstić information content (AvgIpc) is 3.23. The molecule has 3 aromatic heterocycles. The van der Waals surface area contributed by atoms with E-state index in [9.17, 15) is 22.8 Å². The van der Waals surface area contributed by atoms with Crippen LogP contribution in [0.3, 0.4) is 0 Å². The van der Waals surface area contributed by atoms with Crippen molar-refractivity contribution in [3.63, 3.8) is 0 Å². The Kier molecular flexibility index (Phi) is 6.30. The molecule has 1 aliphatic rings. The molecule has 2 amide bonds.